The molecule has 0 unspecified atom stereocenters. The predicted molar refractivity (Wildman–Crippen MR) is 172 cm³/mol. The van der Waals surface area contributed by atoms with Gasteiger partial charge >= 0.3 is 0 Å². The Balaban J connectivity index is 1.23. The number of rotatable bonds is 11. The molecule has 3 aromatic carbocycles. The number of hydrogen-bond acceptors (Lipinski definition) is 7. The topological polar surface area (TPSA) is 67.6 Å². The zero-order valence-electron chi connectivity index (χ0n) is 24.5. The lowest BCUT2D eigenvalue weighted by molar-refractivity contribution is -0.0913. The first-order valence-electron chi connectivity index (χ1n) is 15.2. The summed E-state index contributed by atoms with van der Waals surface area (Å²) in [4.78, 5) is 10.2. The highest BCUT2D eigenvalue weighted by Crippen LogP contribution is 2.39. The van der Waals surface area contributed by atoms with E-state index in [0.717, 1.165) is 57.5 Å². The fraction of sp³-hybridized carbons (Fsp3) is 0.306. The van der Waals surface area contributed by atoms with Crippen LogP contribution in [-0.4, -0.2) is 44.3 Å². The molecule has 7 nitrogen and oxygen atoms in total. The van der Waals surface area contributed by atoms with Crippen LogP contribution in [0.2, 0.25) is 0 Å². The fourth-order valence-corrected chi connectivity index (χ4v) is 6.46. The first-order chi connectivity index (χ1) is 21.7. The van der Waals surface area contributed by atoms with Gasteiger partial charge in [-0.05, 0) is 41.5 Å². The minimum Gasteiger partial charge on any atom is -0.374 e. The number of benzene rings is 3. The lowest BCUT2D eigenvalue weighted by Crippen LogP contribution is -2.38. The van der Waals surface area contributed by atoms with Gasteiger partial charge in [0.2, 0.25) is 0 Å². The maximum absolute atomic E-state index is 6.87. The fourth-order valence-electron chi connectivity index (χ4n) is 6.16. The number of thiocarbonyl (C=S) groups is 1. The molecule has 8 heteroatoms. The van der Waals surface area contributed by atoms with Crippen molar-refractivity contribution in [2.24, 2.45) is 0 Å². The summed E-state index contributed by atoms with van der Waals surface area (Å²) in [5, 5.41) is 1.02. The molecule has 44 heavy (non-hydrogen) atoms. The van der Waals surface area contributed by atoms with E-state index < -0.39 is 18.4 Å². The first kappa shape index (κ1) is 29.0. The maximum atomic E-state index is 6.87. The Bertz CT molecular complexity index is 1700. The third-order valence-corrected chi connectivity index (χ3v) is 8.72. The average molecular weight is 606 g/mol. The van der Waals surface area contributed by atoms with E-state index in [-0.39, 0.29) is 6.10 Å². The summed E-state index contributed by atoms with van der Waals surface area (Å²) >= 11 is 5.76. The van der Waals surface area contributed by atoms with Crippen molar-refractivity contribution in [3.8, 4) is 0 Å². The van der Waals surface area contributed by atoms with Crippen LogP contribution in [0.25, 0.3) is 11.0 Å². The Kier molecular flexibility index (Phi) is 8.86. The molecule has 1 aliphatic carbocycles. The molecule has 224 valence electrons. The normalized spacial score (nSPS) is 21.5. The number of aryl methyl sites for hydroxylation is 1. The van der Waals surface area contributed by atoms with Crippen LogP contribution >= 0.6 is 12.2 Å². The molecule has 0 spiro atoms. The van der Waals surface area contributed by atoms with E-state index in [9.17, 15) is 0 Å². The van der Waals surface area contributed by atoms with E-state index in [0.29, 0.717) is 26.4 Å². The maximum Gasteiger partial charge on any atom is 0.164 e. The van der Waals surface area contributed by atoms with Crippen LogP contribution in [0.15, 0.2) is 104 Å². The molecule has 5 aromatic rings. The molecule has 0 amide bonds. The second-order valence-corrected chi connectivity index (χ2v) is 11.8. The molecule has 0 bridgehead atoms. The van der Waals surface area contributed by atoms with E-state index in [2.05, 4.69) is 52.1 Å². The van der Waals surface area contributed by atoms with Gasteiger partial charge in [0.25, 0.3) is 0 Å². The third-order valence-electron chi connectivity index (χ3n) is 8.33. The zero-order chi connectivity index (χ0) is 29.7. The SMILES string of the molecule is S=C1CCCc2cn([C@@H]3O[C@H](COCc4ccccc4)[C@@H](OCc4ccccc4)[C@@H]3OCc3ccccc3)c3ncnc1c23. The summed E-state index contributed by atoms with van der Waals surface area (Å²) in [6.45, 7) is 1.69. The molecule has 0 N–H and O–H groups in total. The smallest absolute Gasteiger partial charge is 0.164 e. The summed E-state index contributed by atoms with van der Waals surface area (Å²) in [6.07, 6.45) is 4.82. The molecule has 7 rings (SSSR count). The molecule has 1 fully saturated rings. The van der Waals surface area contributed by atoms with Gasteiger partial charge in [0.05, 0.1) is 32.1 Å². The minimum atomic E-state index is -0.489. The van der Waals surface area contributed by atoms with E-state index >= 15 is 0 Å². The van der Waals surface area contributed by atoms with Gasteiger partial charge in [-0.2, -0.15) is 0 Å². The summed E-state index contributed by atoms with van der Waals surface area (Å²) in [5.74, 6) is 0. The molecule has 2 aromatic heterocycles. The Morgan fingerprint density at radius 1 is 0.750 bits per heavy atom. The predicted octanol–water partition coefficient (Wildman–Crippen LogP) is 6.77. The van der Waals surface area contributed by atoms with Crippen LogP contribution < -0.4 is 0 Å². The zero-order valence-corrected chi connectivity index (χ0v) is 25.3. The van der Waals surface area contributed by atoms with Crippen LogP contribution in [0, 0.1) is 0 Å². The average Bonchev–Trinajstić information content (AvgIpc) is 3.56. The van der Waals surface area contributed by atoms with Crippen molar-refractivity contribution in [1.29, 1.82) is 0 Å². The van der Waals surface area contributed by atoms with Gasteiger partial charge in [0.15, 0.2) is 6.23 Å². The highest BCUT2D eigenvalue weighted by atomic mass is 32.1. The lowest BCUT2D eigenvalue weighted by Gasteiger charge is -2.26. The number of aromatic nitrogens is 3. The van der Waals surface area contributed by atoms with E-state index in [4.69, 9.17) is 36.1 Å². The van der Waals surface area contributed by atoms with Gasteiger partial charge in [0.1, 0.15) is 30.3 Å². The molecule has 0 saturated carbocycles. The highest BCUT2D eigenvalue weighted by molar-refractivity contribution is 7.80. The number of ether oxygens (including phenoxy) is 4. The van der Waals surface area contributed by atoms with E-state index in [1.807, 2.05) is 54.6 Å². The molecular formula is C36H35N3O4S. The highest BCUT2D eigenvalue weighted by Gasteiger charge is 2.48. The molecule has 4 atom stereocenters. The summed E-state index contributed by atoms with van der Waals surface area (Å²) < 4.78 is 28.6. The van der Waals surface area contributed by atoms with E-state index in [1.54, 1.807) is 6.33 Å². The van der Waals surface area contributed by atoms with Crippen LogP contribution in [0.3, 0.4) is 0 Å². The van der Waals surface area contributed by atoms with Gasteiger partial charge in [-0.25, -0.2) is 9.97 Å². The minimum absolute atomic E-state index is 0.354. The van der Waals surface area contributed by atoms with Crippen LogP contribution in [-0.2, 0) is 45.2 Å². The van der Waals surface area contributed by atoms with Crippen molar-refractivity contribution < 1.29 is 18.9 Å². The molecule has 3 heterocycles. The van der Waals surface area contributed by atoms with Gasteiger partial charge in [0, 0.05) is 16.4 Å². The molecule has 1 saturated heterocycles. The quantitative estimate of drug-likeness (QED) is 0.154. The van der Waals surface area contributed by atoms with Crippen LogP contribution in [0.4, 0.5) is 0 Å². The van der Waals surface area contributed by atoms with Crippen molar-refractivity contribution in [3.05, 3.63) is 131 Å². The van der Waals surface area contributed by atoms with Crippen molar-refractivity contribution in [2.45, 2.75) is 63.6 Å². The van der Waals surface area contributed by atoms with Crippen molar-refractivity contribution in [3.63, 3.8) is 0 Å². The Morgan fingerprint density at radius 3 is 2.02 bits per heavy atom. The Labute approximate surface area is 262 Å². The van der Waals surface area contributed by atoms with Gasteiger partial charge < -0.3 is 23.5 Å². The molecule has 1 aliphatic heterocycles. The van der Waals surface area contributed by atoms with Crippen molar-refractivity contribution in [1.82, 2.24) is 14.5 Å². The molecule has 0 radical (unpaired) electrons. The van der Waals surface area contributed by atoms with Crippen molar-refractivity contribution >= 4 is 28.1 Å². The largest absolute Gasteiger partial charge is 0.374 e. The number of nitrogens with zero attached hydrogens (tertiary/aromatic N) is 3. The van der Waals surface area contributed by atoms with Crippen LogP contribution in [0.1, 0.15) is 47.0 Å². The second kappa shape index (κ2) is 13.5. The van der Waals surface area contributed by atoms with Crippen molar-refractivity contribution in [2.75, 3.05) is 6.61 Å². The standard InChI is InChI=1S/C36H35N3O4S/c44-30-18-10-17-28-19-39(35-31(28)32(30)37-24-38-35)36-34(42-22-27-15-8-3-9-16-27)33(41-21-26-13-6-2-7-14-26)29(43-36)23-40-20-25-11-4-1-5-12-25/h1-9,11-16,19,24,29,33-34,36H,10,17-18,20-23H2/t29-,33-,34+,36-/m1/s1. The lowest BCUT2D eigenvalue weighted by atomic mass is 10.1. The monoisotopic (exact) mass is 605 g/mol. The first-order valence-corrected chi connectivity index (χ1v) is 15.6. The summed E-state index contributed by atoms with van der Waals surface area (Å²) in [7, 11) is 0. The Hall–Kier alpha value is -3.79. The van der Waals surface area contributed by atoms with Crippen LogP contribution in [0.5, 0.6) is 0 Å². The van der Waals surface area contributed by atoms with E-state index in [1.165, 1.54) is 5.56 Å². The Morgan fingerprint density at radius 2 is 1.36 bits per heavy atom. The number of hydrogen-bond donors (Lipinski definition) is 0. The van der Waals surface area contributed by atoms with Gasteiger partial charge in [-0.3, -0.25) is 0 Å². The molecular weight excluding hydrogens is 570 g/mol. The molecule has 2 aliphatic rings. The third kappa shape index (κ3) is 6.22. The van der Waals surface area contributed by atoms with Gasteiger partial charge in [-0.15, -0.1) is 0 Å². The van der Waals surface area contributed by atoms with Gasteiger partial charge in [-0.1, -0.05) is 103 Å². The second-order valence-electron chi connectivity index (χ2n) is 11.3. The summed E-state index contributed by atoms with van der Waals surface area (Å²) in [6, 6.07) is 30.6. The summed E-state index contributed by atoms with van der Waals surface area (Å²) in [5.41, 5.74) is 6.13.